The lowest BCUT2D eigenvalue weighted by Crippen LogP contribution is -2.17. The molecule has 3 rings (SSSR count). The van der Waals surface area contributed by atoms with Gasteiger partial charge in [0, 0.05) is 12.4 Å². The van der Waals surface area contributed by atoms with Crippen molar-refractivity contribution in [3.63, 3.8) is 0 Å². The maximum absolute atomic E-state index is 11.9. The predicted molar refractivity (Wildman–Crippen MR) is 81.2 cm³/mol. The van der Waals surface area contributed by atoms with Crippen LogP contribution in [0.25, 0.3) is 10.6 Å². The van der Waals surface area contributed by atoms with E-state index < -0.39 is 0 Å². The molecule has 3 aromatic rings. The molecule has 1 amide bonds. The van der Waals surface area contributed by atoms with E-state index in [0.717, 1.165) is 16.1 Å². The quantitative estimate of drug-likeness (QED) is 0.572. The molecule has 0 saturated heterocycles. The average molecular weight is 297 g/mol. The molecule has 104 valence electrons. The number of hydrazone groups is 1. The Kier molecular flexibility index (Phi) is 3.83. The molecule has 0 spiro atoms. The van der Waals surface area contributed by atoms with E-state index in [0.29, 0.717) is 5.69 Å². The normalized spacial score (nSPS) is 10.9. The molecule has 0 saturated carbocycles. The van der Waals surface area contributed by atoms with E-state index in [1.54, 1.807) is 48.1 Å². The summed E-state index contributed by atoms with van der Waals surface area (Å²) >= 11 is 1.58. The minimum atomic E-state index is -0.362. The van der Waals surface area contributed by atoms with Gasteiger partial charge in [0.15, 0.2) is 5.69 Å². The summed E-state index contributed by atoms with van der Waals surface area (Å²) in [5.41, 5.74) is 4.40. The van der Waals surface area contributed by atoms with E-state index in [-0.39, 0.29) is 5.91 Å². The molecule has 7 heteroatoms. The van der Waals surface area contributed by atoms with Crippen molar-refractivity contribution in [1.29, 1.82) is 0 Å². The lowest BCUT2D eigenvalue weighted by molar-refractivity contribution is 0.0950. The van der Waals surface area contributed by atoms with Gasteiger partial charge in [-0.25, -0.2) is 5.43 Å². The van der Waals surface area contributed by atoms with Crippen molar-refractivity contribution >= 4 is 23.5 Å². The number of aromatic amines is 1. The summed E-state index contributed by atoms with van der Waals surface area (Å²) < 4.78 is 0. The highest BCUT2D eigenvalue weighted by Crippen LogP contribution is 2.22. The number of rotatable bonds is 4. The third-order valence-corrected chi connectivity index (χ3v) is 3.59. The molecule has 0 aliphatic heterocycles. The topological polar surface area (TPSA) is 83.0 Å². The van der Waals surface area contributed by atoms with Crippen molar-refractivity contribution < 1.29 is 4.79 Å². The van der Waals surface area contributed by atoms with Crippen LogP contribution < -0.4 is 5.43 Å². The molecule has 21 heavy (non-hydrogen) atoms. The molecule has 0 radical (unpaired) electrons. The number of thiophene rings is 1. The molecule has 0 unspecified atom stereocenters. The SMILES string of the molecule is O=C(N/N=C/c1ccncc1)c1cc(-c2cccs2)[nH]n1. The molecule has 0 aliphatic carbocycles. The fraction of sp³-hybridized carbons (Fsp3) is 0. The Morgan fingerprint density at radius 3 is 2.95 bits per heavy atom. The highest BCUT2D eigenvalue weighted by atomic mass is 32.1. The van der Waals surface area contributed by atoms with Gasteiger partial charge in [0.05, 0.1) is 16.8 Å². The summed E-state index contributed by atoms with van der Waals surface area (Å²) in [7, 11) is 0. The van der Waals surface area contributed by atoms with Crippen molar-refractivity contribution in [2.24, 2.45) is 5.10 Å². The molecule has 3 aromatic heterocycles. The van der Waals surface area contributed by atoms with Gasteiger partial charge in [-0.2, -0.15) is 10.2 Å². The Balaban J connectivity index is 1.65. The summed E-state index contributed by atoms with van der Waals surface area (Å²) in [5.74, 6) is -0.362. The maximum Gasteiger partial charge on any atom is 0.291 e. The molecule has 0 aromatic carbocycles. The second-order valence-electron chi connectivity index (χ2n) is 4.12. The number of carbonyl (C=O) groups excluding carboxylic acids is 1. The maximum atomic E-state index is 11.9. The molecule has 2 N–H and O–H groups in total. The van der Waals surface area contributed by atoms with Crippen molar-refractivity contribution in [2.45, 2.75) is 0 Å². The summed E-state index contributed by atoms with van der Waals surface area (Å²) in [6.45, 7) is 0. The van der Waals surface area contributed by atoms with E-state index in [1.165, 1.54) is 0 Å². The fourth-order valence-corrected chi connectivity index (χ4v) is 2.36. The number of hydrogen-bond donors (Lipinski definition) is 2. The predicted octanol–water partition coefficient (Wildman–Crippen LogP) is 2.30. The Bertz CT molecular complexity index is 749. The Morgan fingerprint density at radius 2 is 2.19 bits per heavy atom. The summed E-state index contributed by atoms with van der Waals surface area (Å²) in [6, 6.07) is 9.18. The first-order chi connectivity index (χ1) is 10.3. The van der Waals surface area contributed by atoms with E-state index in [1.807, 2.05) is 17.5 Å². The van der Waals surface area contributed by atoms with Gasteiger partial charge < -0.3 is 0 Å². The Hall–Kier alpha value is -2.80. The van der Waals surface area contributed by atoms with E-state index in [2.05, 4.69) is 25.7 Å². The first kappa shape index (κ1) is 13.2. The van der Waals surface area contributed by atoms with Crippen LogP contribution in [0.15, 0.2) is 53.2 Å². The van der Waals surface area contributed by atoms with Crippen molar-refractivity contribution in [3.05, 3.63) is 59.4 Å². The molecule has 6 nitrogen and oxygen atoms in total. The third-order valence-electron chi connectivity index (χ3n) is 2.68. The first-order valence-electron chi connectivity index (χ1n) is 6.15. The number of aromatic nitrogens is 3. The number of H-pyrrole nitrogens is 1. The molecular formula is C14H11N5OS. The van der Waals surface area contributed by atoms with Crippen LogP contribution in [0.4, 0.5) is 0 Å². The van der Waals surface area contributed by atoms with E-state index in [9.17, 15) is 4.79 Å². The number of carbonyl (C=O) groups is 1. The average Bonchev–Trinajstić information content (AvgIpc) is 3.19. The number of amides is 1. The van der Waals surface area contributed by atoms with E-state index >= 15 is 0 Å². The van der Waals surface area contributed by atoms with Crippen LogP contribution >= 0.6 is 11.3 Å². The highest BCUT2D eigenvalue weighted by Gasteiger charge is 2.10. The number of pyridine rings is 1. The lowest BCUT2D eigenvalue weighted by Gasteiger charge is -1.94. The van der Waals surface area contributed by atoms with Crippen LogP contribution in [0.1, 0.15) is 16.1 Å². The molecule has 0 bridgehead atoms. The minimum Gasteiger partial charge on any atom is -0.276 e. The molecule has 3 heterocycles. The standard InChI is InChI=1S/C14H11N5OS/c20-14(19-16-9-10-3-5-15-6-4-10)12-8-11(17-18-12)13-2-1-7-21-13/h1-9H,(H,17,18)(H,19,20)/b16-9+. The Labute approximate surface area is 124 Å². The van der Waals surface area contributed by atoms with Gasteiger partial charge in [0.2, 0.25) is 0 Å². The second-order valence-corrected chi connectivity index (χ2v) is 5.07. The lowest BCUT2D eigenvalue weighted by atomic mass is 10.3. The number of hydrogen-bond acceptors (Lipinski definition) is 5. The zero-order chi connectivity index (χ0) is 14.5. The van der Waals surface area contributed by atoms with Crippen molar-refractivity contribution in [1.82, 2.24) is 20.6 Å². The van der Waals surface area contributed by atoms with Gasteiger partial charge in [0.25, 0.3) is 5.91 Å². The minimum absolute atomic E-state index is 0.297. The second kappa shape index (κ2) is 6.10. The van der Waals surface area contributed by atoms with Crippen LogP contribution in [-0.4, -0.2) is 27.3 Å². The first-order valence-corrected chi connectivity index (χ1v) is 7.03. The summed E-state index contributed by atoms with van der Waals surface area (Å²) in [4.78, 5) is 16.8. The van der Waals surface area contributed by atoms with Crippen LogP contribution in [0.2, 0.25) is 0 Å². The zero-order valence-electron chi connectivity index (χ0n) is 10.9. The van der Waals surface area contributed by atoms with Gasteiger partial charge in [-0.3, -0.25) is 14.9 Å². The smallest absolute Gasteiger partial charge is 0.276 e. The van der Waals surface area contributed by atoms with Gasteiger partial charge in [-0.05, 0) is 35.2 Å². The van der Waals surface area contributed by atoms with Gasteiger partial charge in [0.1, 0.15) is 0 Å². The van der Waals surface area contributed by atoms with Gasteiger partial charge in [-0.1, -0.05) is 6.07 Å². The third kappa shape index (κ3) is 3.21. The highest BCUT2D eigenvalue weighted by molar-refractivity contribution is 7.13. The largest absolute Gasteiger partial charge is 0.291 e. The van der Waals surface area contributed by atoms with E-state index in [4.69, 9.17) is 0 Å². The molecule has 0 atom stereocenters. The fourth-order valence-electron chi connectivity index (χ4n) is 1.67. The van der Waals surface area contributed by atoms with Crippen LogP contribution in [0.5, 0.6) is 0 Å². The van der Waals surface area contributed by atoms with Crippen LogP contribution in [-0.2, 0) is 0 Å². The number of nitrogens with zero attached hydrogens (tertiary/aromatic N) is 3. The molecule has 0 aliphatic rings. The number of nitrogens with one attached hydrogen (secondary N) is 2. The van der Waals surface area contributed by atoms with Crippen molar-refractivity contribution in [3.8, 4) is 10.6 Å². The molecular weight excluding hydrogens is 286 g/mol. The monoisotopic (exact) mass is 297 g/mol. The van der Waals surface area contributed by atoms with Crippen LogP contribution in [0, 0.1) is 0 Å². The molecule has 0 fully saturated rings. The van der Waals surface area contributed by atoms with Gasteiger partial charge >= 0.3 is 0 Å². The summed E-state index contributed by atoms with van der Waals surface area (Å²) in [5, 5.41) is 12.7. The van der Waals surface area contributed by atoms with Crippen LogP contribution in [0.3, 0.4) is 0 Å². The van der Waals surface area contributed by atoms with Crippen molar-refractivity contribution in [2.75, 3.05) is 0 Å². The zero-order valence-corrected chi connectivity index (χ0v) is 11.7. The Morgan fingerprint density at radius 1 is 1.33 bits per heavy atom. The summed E-state index contributed by atoms with van der Waals surface area (Å²) in [6.07, 6.45) is 4.86. The van der Waals surface area contributed by atoms with Gasteiger partial charge in [-0.15, -0.1) is 11.3 Å².